The van der Waals surface area contributed by atoms with E-state index in [1.807, 2.05) is 0 Å². The van der Waals surface area contributed by atoms with Crippen LogP contribution in [0, 0.1) is 11.8 Å². The van der Waals surface area contributed by atoms with E-state index >= 15 is 0 Å². The molecule has 1 saturated heterocycles. The molecule has 0 spiro atoms. The average Bonchev–Trinajstić information content (AvgIpc) is 2.90. The largest absolute Gasteiger partial charge is 0.349 e. The van der Waals surface area contributed by atoms with Gasteiger partial charge in [0.05, 0.1) is 12.0 Å². The molecule has 21 heavy (non-hydrogen) atoms. The molecule has 2 rings (SSSR count). The van der Waals surface area contributed by atoms with Gasteiger partial charge in [-0.1, -0.05) is 45.0 Å². The molecule has 0 radical (unpaired) electrons. The van der Waals surface area contributed by atoms with Crippen LogP contribution in [0.2, 0.25) is 0 Å². The third kappa shape index (κ3) is 3.85. The number of amides is 1. The summed E-state index contributed by atoms with van der Waals surface area (Å²) in [5, 5.41) is 6.61. The molecule has 0 aromatic heterocycles. The highest BCUT2D eigenvalue weighted by atomic mass is 16.2. The molecular formula is C18H28N2O. The van der Waals surface area contributed by atoms with Crippen LogP contribution < -0.4 is 10.6 Å². The molecule has 3 nitrogen and oxygen atoms in total. The lowest BCUT2D eigenvalue weighted by atomic mass is 9.93. The quantitative estimate of drug-likeness (QED) is 0.874. The van der Waals surface area contributed by atoms with Crippen molar-refractivity contribution in [1.82, 2.24) is 10.6 Å². The van der Waals surface area contributed by atoms with E-state index in [0.717, 1.165) is 19.4 Å². The SMILES string of the molecule is CCc1ccc(C(NC(=O)C2CCNC2C)C(C)C)cc1. The Kier molecular flexibility index (Phi) is 5.40. The van der Waals surface area contributed by atoms with Crippen LogP contribution in [0.5, 0.6) is 0 Å². The van der Waals surface area contributed by atoms with Crippen LogP contribution in [0.25, 0.3) is 0 Å². The van der Waals surface area contributed by atoms with Gasteiger partial charge in [-0.15, -0.1) is 0 Å². The molecule has 1 aromatic carbocycles. The number of rotatable bonds is 5. The highest BCUT2D eigenvalue weighted by Crippen LogP contribution is 2.24. The summed E-state index contributed by atoms with van der Waals surface area (Å²) >= 11 is 0. The van der Waals surface area contributed by atoms with Crippen LogP contribution in [0.15, 0.2) is 24.3 Å². The van der Waals surface area contributed by atoms with Crippen LogP contribution in [0.4, 0.5) is 0 Å². The molecule has 1 aromatic rings. The molecular weight excluding hydrogens is 260 g/mol. The zero-order valence-corrected chi connectivity index (χ0v) is 13.6. The molecule has 3 heteroatoms. The lowest BCUT2D eigenvalue weighted by molar-refractivity contribution is -0.126. The highest BCUT2D eigenvalue weighted by Gasteiger charge is 2.31. The second-order valence-electron chi connectivity index (χ2n) is 6.46. The third-order valence-electron chi connectivity index (χ3n) is 4.57. The molecule has 0 bridgehead atoms. The molecule has 3 unspecified atom stereocenters. The molecule has 1 heterocycles. The van der Waals surface area contributed by atoms with Gasteiger partial charge in [-0.25, -0.2) is 0 Å². The summed E-state index contributed by atoms with van der Waals surface area (Å²) < 4.78 is 0. The van der Waals surface area contributed by atoms with Crippen LogP contribution >= 0.6 is 0 Å². The summed E-state index contributed by atoms with van der Waals surface area (Å²) in [5.41, 5.74) is 2.54. The molecule has 1 amide bonds. The first-order valence-electron chi connectivity index (χ1n) is 8.15. The number of hydrogen-bond donors (Lipinski definition) is 2. The molecule has 1 fully saturated rings. The van der Waals surface area contributed by atoms with Crippen molar-refractivity contribution >= 4 is 5.91 Å². The van der Waals surface area contributed by atoms with E-state index in [9.17, 15) is 4.79 Å². The normalized spacial score (nSPS) is 23.3. The first-order valence-corrected chi connectivity index (χ1v) is 8.15. The Morgan fingerprint density at radius 1 is 1.33 bits per heavy atom. The van der Waals surface area contributed by atoms with Gasteiger partial charge in [0.1, 0.15) is 0 Å². The smallest absolute Gasteiger partial charge is 0.225 e. The van der Waals surface area contributed by atoms with Crippen molar-refractivity contribution in [3.05, 3.63) is 35.4 Å². The van der Waals surface area contributed by atoms with E-state index in [2.05, 4.69) is 62.6 Å². The summed E-state index contributed by atoms with van der Waals surface area (Å²) in [6.45, 7) is 9.52. The van der Waals surface area contributed by atoms with E-state index in [4.69, 9.17) is 0 Å². The van der Waals surface area contributed by atoms with Gasteiger partial charge in [0.25, 0.3) is 0 Å². The lowest BCUT2D eigenvalue weighted by Gasteiger charge is -2.26. The molecule has 2 N–H and O–H groups in total. The van der Waals surface area contributed by atoms with Gasteiger partial charge >= 0.3 is 0 Å². The zero-order chi connectivity index (χ0) is 15.4. The topological polar surface area (TPSA) is 41.1 Å². The predicted octanol–water partition coefficient (Wildman–Crippen LogP) is 3.06. The second-order valence-corrected chi connectivity index (χ2v) is 6.46. The molecule has 0 aliphatic carbocycles. The van der Waals surface area contributed by atoms with E-state index in [1.54, 1.807) is 0 Å². The maximum atomic E-state index is 12.5. The maximum Gasteiger partial charge on any atom is 0.225 e. The van der Waals surface area contributed by atoms with Crippen LogP contribution in [0.1, 0.15) is 51.3 Å². The Labute approximate surface area is 128 Å². The monoisotopic (exact) mass is 288 g/mol. The summed E-state index contributed by atoms with van der Waals surface area (Å²) in [7, 11) is 0. The summed E-state index contributed by atoms with van der Waals surface area (Å²) in [6.07, 6.45) is 1.98. The number of hydrogen-bond acceptors (Lipinski definition) is 2. The van der Waals surface area contributed by atoms with E-state index in [-0.39, 0.29) is 23.9 Å². The number of nitrogens with one attached hydrogen (secondary N) is 2. The van der Waals surface area contributed by atoms with E-state index < -0.39 is 0 Å². The van der Waals surface area contributed by atoms with Crippen LogP contribution in [0.3, 0.4) is 0 Å². The minimum Gasteiger partial charge on any atom is -0.349 e. The fourth-order valence-corrected chi connectivity index (χ4v) is 3.07. The molecule has 3 atom stereocenters. The van der Waals surface area contributed by atoms with Gasteiger partial charge in [-0.3, -0.25) is 4.79 Å². The number of benzene rings is 1. The average molecular weight is 288 g/mol. The Bertz CT molecular complexity index is 467. The minimum atomic E-state index is 0.0937. The minimum absolute atomic E-state index is 0.0937. The fourth-order valence-electron chi connectivity index (χ4n) is 3.07. The number of aryl methyl sites for hydroxylation is 1. The first kappa shape index (κ1) is 16.0. The third-order valence-corrected chi connectivity index (χ3v) is 4.57. The van der Waals surface area contributed by atoms with Gasteiger partial charge in [0.2, 0.25) is 5.91 Å². The molecule has 0 saturated carbocycles. The lowest BCUT2D eigenvalue weighted by Crippen LogP contribution is -2.40. The van der Waals surface area contributed by atoms with E-state index in [0.29, 0.717) is 5.92 Å². The van der Waals surface area contributed by atoms with Gasteiger partial charge < -0.3 is 10.6 Å². The van der Waals surface area contributed by atoms with Gasteiger partial charge in [-0.05, 0) is 43.4 Å². The Hall–Kier alpha value is -1.35. The van der Waals surface area contributed by atoms with Crippen LogP contribution in [-0.2, 0) is 11.2 Å². The Balaban J connectivity index is 2.09. The van der Waals surface area contributed by atoms with Crippen LogP contribution in [-0.4, -0.2) is 18.5 Å². The van der Waals surface area contributed by atoms with Crippen molar-refractivity contribution in [3.63, 3.8) is 0 Å². The van der Waals surface area contributed by atoms with Crippen molar-refractivity contribution in [2.45, 2.75) is 52.6 Å². The summed E-state index contributed by atoms with van der Waals surface area (Å²) in [5.74, 6) is 0.665. The van der Waals surface area contributed by atoms with Gasteiger partial charge in [-0.2, -0.15) is 0 Å². The maximum absolute atomic E-state index is 12.5. The fraction of sp³-hybridized carbons (Fsp3) is 0.611. The number of carbonyl (C=O) groups excluding carboxylic acids is 1. The van der Waals surface area contributed by atoms with E-state index in [1.165, 1.54) is 11.1 Å². The van der Waals surface area contributed by atoms with Crippen molar-refractivity contribution < 1.29 is 4.79 Å². The van der Waals surface area contributed by atoms with Crippen molar-refractivity contribution in [2.75, 3.05) is 6.54 Å². The Morgan fingerprint density at radius 3 is 2.48 bits per heavy atom. The first-order chi connectivity index (χ1) is 10.0. The molecule has 1 aliphatic rings. The molecule has 1 aliphatic heterocycles. The van der Waals surface area contributed by atoms with Gasteiger partial charge in [0.15, 0.2) is 0 Å². The van der Waals surface area contributed by atoms with Gasteiger partial charge in [0, 0.05) is 6.04 Å². The van der Waals surface area contributed by atoms with Crippen molar-refractivity contribution in [3.8, 4) is 0 Å². The second kappa shape index (κ2) is 7.08. The zero-order valence-electron chi connectivity index (χ0n) is 13.6. The molecule has 116 valence electrons. The summed E-state index contributed by atoms with van der Waals surface area (Å²) in [4.78, 5) is 12.5. The number of carbonyl (C=O) groups is 1. The standard InChI is InChI=1S/C18H28N2O/c1-5-14-6-8-15(9-7-14)17(12(2)3)20-18(21)16-10-11-19-13(16)4/h6-9,12-13,16-17,19H,5,10-11H2,1-4H3,(H,20,21). The predicted molar refractivity (Wildman–Crippen MR) is 87.1 cm³/mol. The highest BCUT2D eigenvalue weighted by molar-refractivity contribution is 5.80. The Morgan fingerprint density at radius 2 is 2.00 bits per heavy atom. The van der Waals surface area contributed by atoms with Crippen molar-refractivity contribution in [2.24, 2.45) is 11.8 Å². The summed E-state index contributed by atoms with van der Waals surface area (Å²) in [6, 6.07) is 9.00. The van der Waals surface area contributed by atoms with Crippen molar-refractivity contribution in [1.29, 1.82) is 0 Å².